The quantitative estimate of drug-likeness (QED) is 0.129. The smallest absolute Gasteiger partial charge is 0.166 e. The van der Waals surface area contributed by atoms with Crippen LogP contribution in [0.2, 0.25) is 0 Å². The number of aliphatic hydroxyl groups excluding tert-OH is 1. The number of aliphatic hydroxyl groups is 1. The van der Waals surface area contributed by atoms with Crippen molar-refractivity contribution in [3.8, 4) is 0 Å². The lowest BCUT2D eigenvalue weighted by atomic mass is 10.1. The van der Waals surface area contributed by atoms with Crippen LogP contribution in [0.3, 0.4) is 0 Å². The van der Waals surface area contributed by atoms with Gasteiger partial charge in [-0.25, -0.2) is 0 Å². The third-order valence-corrected chi connectivity index (χ3v) is 6.63. The maximum absolute atomic E-state index is 9.37. The van der Waals surface area contributed by atoms with E-state index < -0.39 is 0 Å². The molecule has 0 aromatic heterocycles. The molecule has 1 aliphatic heterocycles. The first kappa shape index (κ1) is 26.2. The summed E-state index contributed by atoms with van der Waals surface area (Å²) in [7, 11) is 0. The lowest BCUT2D eigenvalue weighted by Gasteiger charge is -2.36. The van der Waals surface area contributed by atoms with E-state index in [2.05, 4.69) is 43.7 Å². The summed E-state index contributed by atoms with van der Waals surface area (Å²) >= 11 is 0. The third-order valence-electron chi connectivity index (χ3n) is 6.63. The molecule has 2 atom stereocenters. The predicted octanol–water partition coefficient (Wildman–Crippen LogP) is 7.03. The molecule has 3 nitrogen and oxygen atoms in total. The van der Waals surface area contributed by atoms with Gasteiger partial charge in [0, 0.05) is 6.42 Å². The molecule has 0 radical (unpaired) electrons. The molecule has 170 valence electrons. The van der Waals surface area contributed by atoms with Gasteiger partial charge in [0.25, 0.3) is 0 Å². The van der Waals surface area contributed by atoms with Crippen LogP contribution in [0.4, 0.5) is 0 Å². The van der Waals surface area contributed by atoms with Crippen molar-refractivity contribution in [1.29, 1.82) is 0 Å². The van der Waals surface area contributed by atoms with E-state index in [4.69, 9.17) is 0 Å². The van der Waals surface area contributed by atoms with Gasteiger partial charge in [0.15, 0.2) is 6.17 Å². The fourth-order valence-electron chi connectivity index (χ4n) is 4.56. The van der Waals surface area contributed by atoms with Crippen molar-refractivity contribution in [2.75, 3.05) is 19.7 Å². The Balaban J connectivity index is 1.89. The number of quaternary nitrogens is 1. The second-order valence-electron chi connectivity index (χ2n) is 8.94. The highest BCUT2D eigenvalue weighted by Crippen LogP contribution is 2.22. The van der Waals surface area contributed by atoms with Crippen LogP contribution in [-0.2, 0) is 0 Å². The molecule has 3 heteroatoms. The SMILES string of the molecule is CCCCCCCCCCCCC/C=C/CCCCC1NC=C[N+]1(CC)CCO. The Labute approximate surface area is 182 Å². The highest BCUT2D eigenvalue weighted by atomic mass is 16.3. The molecule has 0 spiro atoms. The number of nitrogens with one attached hydrogen (secondary N) is 1. The van der Waals surface area contributed by atoms with Gasteiger partial charge in [-0.05, 0) is 39.0 Å². The molecule has 1 rings (SSSR count). The number of hydrogen-bond acceptors (Lipinski definition) is 2. The monoisotopic (exact) mass is 407 g/mol. The fraction of sp³-hybridized carbons (Fsp3) is 0.846. The number of allylic oxidation sites excluding steroid dienone is 2. The van der Waals surface area contributed by atoms with Gasteiger partial charge >= 0.3 is 0 Å². The first-order valence-electron chi connectivity index (χ1n) is 12.8. The molecule has 2 unspecified atom stereocenters. The minimum Gasteiger partial charge on any atom is -0.390 e. The topological polar surface area (TPSA) is 32.3 Å². The van der Waals surface area contributed by atoms with Gasteiger partial charge in [-0.1, -0.05) is 83.3 Å². The van der Waals surface area contributed by atoms with Crippen LogP contribution < -0.4 is 5.32 Å². The molecule has 0 amide bonds. The van der Waals surface area contributed by atoms with Crippen LogP contribution in [0.5, 0.6) is 0 Å². The summed E-state index contributed by atoms with van der Waals surface area (Å²) in [5.74, 6) is 0. The predicted molar refractivity (Wildman–Crippen MR) is 128 cm³/mol. The molecule has 0 aliphatic carbocycles. The summed E-state index contributed by atoms with van der Waals surface area (Å²) in [4.78, 5) is 0. The average molecular weight is 408 g/mol. The van der Waals surface area contributed by atoms with Crippen molar-refractivity contribution in [3.05, 3.63) is 24.6 Å². The van der Waals surface area contributed by atoms with Gasteiger partial charge in [-0.2, -0.15) is 0 Å². The van der Waals surface area contributed by atoms with Crippen LogP contribution in [-0.4, -0.2) is 35.5 Å². The molecule has 0 bridgehead atoms. The van der Waals surface area contributed by atoms with E-state index in [0.29, 0.717) is 6.17 Å². The molecule has 2 N–H and O–H groups in total. The molecule has 0 aromatic carbocycles. The Morgan fingerprint density at radius 1 is 0.793 bits per heavy atom. The maximum atomic E-state index is 9.37. The molecule has 0 fully saturated rings. The van der Waals surface area contributed by atoms with Gasteiger partial charge in [-0.3, -0.25) is 4.48 Å². The fourth-order valence-corrected chi connectivity index (χ4v) is 4.56. The van der Waals surface area contributed by atoms with Crippen molar-refractivity contribution in [2.45, 2.75) is 123 Å². The van der Waals surface area contributed by atoms with Crippen molar-refractivity contribution < 1.29 is 9.59 Å². The Morgan fingerprint density at radius 3 is 1.90 bits per heavy atom. The molecular weight excluding hydrogens is 356 g/mol. The molecule has 0 aromatic rings. The van der Waals surface area contributed by atoms with Gasteiger partial charge in [0.2, 0.25) is 0 Å². The van der Waals surface area contributed by atoms with E-state index in [9.17, 15) is 5.11 Å². The van der Waals surface area contributed by atoms with E-state index in [1.807, 2.05) is 0 Å². The standard InChI is InChI=1S/C26H51N2O/c1-3-5-6-7-8-9-10-11-12-13-14-15-16-17-18-19-20-21-26-27-22-23-28(26,4-2)24-25-29/h16-17,22-23,26-27,29H,3-15,18-21,24-25H2,1-2H3/q+1/b17-16+. The zero-order chi connectivity index (χ0) is 21.0. The third kappa shape index (κ3) is 11.8. The van der Waals surface area contributed by atoms with Gasteiger partial charge in [0.1, 0.15) is 12.7 Å². The minimum absolute atomic E-state index is 0.262. The van der Waals surface area contributed by atoms with Crippen LogP contribution in [0.15, 0.2) is 24.6 Å². The Kier molecular flexibility index (Phi) is 16.3. The molecule has 0 saturated carbocycles. The molecule has 1 aliphatic rings. The van der Waals surface area contributed by atoms with E-state index in [0.717, 1.165) is 17.6 Å². The summed E-state index contributed by atoms with van der Waals surface area (Å²) in [6.07, 6.45) is 31.4. The number of unbranched alkanes of at least 4 members (excludes halogenated alkanes) is 13. The van der Waals surface area contributed by atoms with Crippen molar-refractivity contribution in [1.82, 2.24) is 5.32 Å². The number of nitrogens with zero attached hydrogens (tertiary/aromatic N) is 1. The summed E-state index contributed by atoms with van der Waals surface area (Å²) in [5, 5.41) is 12.9. The maximum Gasteiger partial charge on any atom is 0.166 e. The highest BCUT2D eigenvalue weighted by Gasteiger charge is 2.35. The molecule has 0 saturated heterocycles. The van der Waals surface area contributed by atoms with Crippen LogP contribution in [0.25, 0.3) is 0 Å². The molecule has 1 heterocycles. The summed E-state index contributed by atoms with van der Waals surface area (Å²) in [6, 6.07) is 0. The first-order valence-corrected chi connectivity index (χ1v) is 12.8. The number of hydrogen-bond donors (Lipinski definition) is 2. The first-order chi connectivity index (χ1) is 14.3. The van der Waals surface area contributed by atoms with Crippen LogP contribution in [0.1, 0.15) is 117 Å². The van der Waals surface area contributed by atoms with Gasteiger partial charge in [0.05, 0.1) is 19.4 Å². The summed E-state index contributed by atoms with van der Waals surface area (Å²) in [5.41, 5.74) is 0. The molecular formula is C26H51N2O+. The molecule has 29 heavy (non-hydrogen) atoms. The van der Waals surface area contributed by atoms with E-state index in [-0.39, 0.29) is 6.61 Å². The number of likely N-dealkylation sites (N-methyl/N-ethyl adjacent to an activating group) is 1. The Hall–Kier alpha value is -0.800. The zero-order valence-electron chi connectivity index (χ0n) is 19.7. The Bertz CT molecular complexity index is 421. The Morgan fingerprint density at radius 2 is 1.34 bits per heavy atom. The lowest BCUT2D eigenvalue weighted by Crippen LogP contribution is -2.54. The zero-order valence-corrected chi connectivity index (χ0v) is 19.7. The van der Waals surface area contributed by atoms with E-state index in [1.54, 1.807) is 0 Å². The summed E-state index contributed by atoms with van der Waals surface area (Å²) in [6.45, 7) is 6.64. The largest absolute Gasteiger partial charge is 0.390 e. The highest BCUT2D eigenvalue weighted by molar-refractivity contribution is 4.85. The van der Waals surface area contributed by atoms with Crippen molar-refractivity contribution >= 4 is 0 Å². The lowest BCUT2D eigenvalue weighted by molar-refractivity contribution is -0.900. The van der Waals surface area contributed by atoms with Crippen LogP contribution in [0, 0.1) is 0 Å². The normalized spacial score (nSPS) is 21.3. The number of rotatable bonds is 20. The van der Waals surface area contributed by atoms with Gasteiger partial charge < -0.3 is 10.4 Å². The van der Waals surface area contributed by atoms with E-state index in [1.165, 1.54) is 103 Å². The van der Waals surface area contributed by atoms with Crippen molar-refractivity contribution in [2.24, 2.45) is 0 Å². The van der Waals surface area contributed by atoms with Crippen molar-refractivity contribution in [3.63, 3.8) is 0 Å². The van der Waals surface area contributed by atoms with E-state index >= 15 is 0 Å². The minimum atomic E-state index is 0.262. The average Bonchev–Trinajstić information content (AvgIpc) is 3.13. The summed E-state index contributed by atoms with van der Waals surface area (Å²) < 4.78 is 0.894. The second-order valence-corrected chi connectivity index (χ2v) is 8.94. The van der Waals surface area contributed by atoms with Crippen LogP contribution >= 0.6 is 0 Å². The second kappa shape index (κ2) is 18.0. The van der Waals surface area contributed by atoms with Gasteiger partial charge in [-0.15, -0.1) is 0 Å².